The third-order valence-corrected chi connectivity index (χ3v) is 5.93. The zero-order valence-corrected chi connectivity index (χ0v) is 16.3. The van der Waals surface area contributed by atoms with Crippen molar-refractivity contribution >= 4 is 5.91 Å². The van der Waals surface area contributed by atoms with E-state index in [2.05, 4.69) is 26.8 Å². The summed E-state index contributed by atoms with van der Waals surface area (Å²) in [5.74, 6) is 0.127. The lowest BCUT2D eigenvalue weighted by molar-refractivity contribution is -0.123. The highest BCUT2D eigenvalue weighted by atomic mass is 16.6. The van der Waals surface area contributed by atoms with E-state index in [4.69, 9.17) is 14.2 Å². The Hall–Kier alpha value is -1.17. The highest BCUT2D eigenvalue weighted by molar-refractivity contribution is 5.88. The maximum Gasteiger partial charge on any atom is 0.246 e. The molecule has 0 unspecified atom stereocenters. The number of nitrogens with zero attached hydrogens (tertiary/aromatic N) is 1. The molecule has 0 aromatic heterocycles. The van der Waals surface area contributed by atoms with Crippen molar-refractivity contribution < 1.29 is 19.0 Å². The van der Waals surface area contributed by atoms with Crippen LogP contribution in [0.3, 0.4) is 0 Å². The van der Waals surface area contributed by atoms with Crippen LogP contribution in [0.4, 0.5) is 0 Å². The van der Waals surface area contributed by atoms with Gasteiger partial charge in [-0.2, -0.15) is 0 Å². The van der Waals surface area contributed by atoms with Crippen LogP contribution in [0, 0.1) is 5.92 Å². The van der Waals surface area contributed by atoms with Gasteiger partial charge in [-0.15, -0.1) is 0 Å². The van der Waals surface area contributed by atoms with Gasteiger partial charge in [0, 0.05) is 27.3 Å². The Morgan fingerprint density at radius 3 is 2.60 bits per heavy atom. The fourth-order valence-corrected chi connectivity index (χ4v) is 4.28. The predicted molar refractivity (Wildman–Crippen MR) is 96.3 cm³/mol. The smallest absolute Gasteiger partial charge is 0.246 e. The third-order valence-electron chi connectivity index (χ3n) is 5.93. The Bertz CT molecular complexity index is 601. The van der Waals surface area contributed by atoms with Crippen LogP contribution < -0.4 is 0 Å². The molecular weight excluding hydrogens is 318 g/mol. The van der Waals surface area contributed by atoms with E-state index in [0.717, 1.165) is 31.4 Å². The zero-order valence-electron chi connectivity index (χ0n) is 16.3. The Kier molecular flexibility index (Phi) is 4.86. The summed E-state index contributed by atoms with van der Waals surface area (Å²) in [4.78, 5) is 13.8. The van der Waals surface area contributed by atoms with Crippen LogP contribution in [0.25, 0.3) is 0 Å². The lowest BCUT2D eigenvalue weighted by Crippen LogP contribution is -2.50. The average molecular weight is 349 g/mol. The highest BCUT2D eigenvalue weighted by Gasteiger charge is 2.71. The van der Waals surface area contributed by atoms with Crippen molar-refractivity contribution in [2.75, 3.05) is 27.8 Å². The molecule has 5 heteroatoms. The molecular formula is C20H31NO4. The van der Waals surface area contributed by atoms with Gasteiger partial charge in [0.1, 0.15) is 11.2 Å². The summed E-state index contributed by atoms with van der Waals surface area (Å²) in [5, 5.41) is 0. The topological polar surface area (TPSA) is 54.6 Å². The average Bonchev–Trinajstić information content (AvgIpc) is 3.45. The molecule has 2 aliphatic heterocycles. The van der Waals surface area contributed by atoms with Crippen molar-refractivity contribution in [2.45, 2.75) is 63.4 Å². The molecule has 0 radical (unpaired) electrons. The van der Waals surface area contributed by atoms with E-state index in [0.29, 0.717) is 0 Å². The second kappa shape index (κ2) is 6.53. The third kappa shape index (κ3) is 3.42. The second-order valence-corrected chi connectivity index (χ2v) is 8.25. The largest absolute Gasteiger partial charge is 0.377 e. The van der Waals surface area contributed by atoms with Gasteiger partial charge < -0.3 is 19.1 Å². The first-order valence-electron chi connectivity index (χ1n) is 9.13. The minimum absolute atomic E-state index is 0.00595. The molecule has 0 bridgehead atoms. The van der Waals surface area contributed by atoms with Gasteiger partial charge >= 0.3 is 0 Å². The summed E-state index contributed by atoms with van der Waals surface area (Å²) in [6.07, 6.45) is 6.71. The molecule has 2 heterocycles. The number of methoxy groups -OCH3 is 1. The molecule has 3 rings (SSSR count). The Morgan fingerprint density at radius 1 is 1.40 bits per heavy atom. The Labute approximate surface area is 151 Å². The van der Waals surface area contributed by atoms with Crippen molar-refractivity contribution in [3.8, 4) is 0 Å². The number of allylic oxidation sites excluding steroid dienone is 1. The number of likely N-dealkylation sites (N-methyl/N-ethyl adjacent to an activating group) is 1. The first-order valence-corrected chi connectivity index (χ1v) is 9.13. The van der Waals surface area contributed by atoms with Crippen LogP contribution in [0.2, 0.25) is 0 Å². The Morgan fingerprint density at radius 2 is 2.08 bits per heavy atom. The van der Waals surface area contributed by atoms with E-state index in [9.17, 15) is 4.79 Å². The molecule has 3 aliphatic rings. The number of ether oxygens (including phenoxy) is 3. The van der Waals surface area contributed by atoms with Gasteiger partial charge in [-0.25, -0.2) is 0 Å². The van der Waals surface area contributed by atoms with Gasteiger partial charge in [-0.1, -0.05) is 11.6 Å². The monoisotopic (exact) mass is 349 g/mol. The molecule has 1 spiro atoms. The van der Waals surface area contributed by atoms with Crippen molar-refractivity contribution in [1.29, 1.82) is 0 Å². The summed E-state index contributed by atoms with van der Waals surface area (Å²) in [6, 6.07) is 0. The van der Waals surface area contributed by atoms with Gasteiger partial charge in [0.25, 0.3) is 0 Å². The summed E-state index contributed by atoms with van der Waals surface area (Å²) in [5.41, 5.74) is 1.96. The molecule has 1 saturated carbocycles. The fraction of sp³-hybridized carbons (Fsp3) is 0.750. The molecule has 140 valence electrons. The number of carbonyl (C=O) groups is 1. The normalized spacial score (nSPS) is 40.9. The lowest BCUT2D eigenvalue weighted by Gasteiger charge is -2.40. The highest BCUT2D eigenvalue weighted by Crippen LogP contribution is 2.60. The first-order chi connectivity index (χ1) is 11.7. The van der Waals surface area contributed by atoms with Crippen molar-refractivity contribution in [1.82, 2.24) is 4.90 Å². The van der Waals surface area contributed by atoms with Crippen LogP contribution in [-0.4, -0.2) is 62.0 Å². The van der Waals surface area contributed by atoms with Crippen molar-refractivity contribution in [3.63, 3.8) is 0 Å². The maximum atomic E-state index is 12.2. The number of carbonyl (C=O) groups excluding carboxylic acids is 1. The molecule has 2 saturated heterocycles. The minimum Gasteiger partial charge on any atom is -0.377 e. The lowest BCUT2D eigenvalue weighted by atomic mass is 9.67. The van der Waals surface area contributed by atoms with E-state index in [1.165, 1.54) is 5.57 Å². The van der Waals surface area contributed by atoms with E-state index < -0.39 is 0 Å². The first kappa shape index (κ1) is 18.6. The number of rotatable bonds is 5. The van der Waals surface area contributed by atoms with Crippen molar-refractivity contribution in [2.24, 2.45) is 5.92 Å². The molecule has 0 N–H and O–H groups in total. The number of epoxide rings is 2. The van der Waals surface area contributed by atoms with E-state index >= 15 is 0 Å². The molecule has 25 heavy (non-hydrogen) atoms. The van der Waals surface area contributed by atoms with Crippen LogP contribution in [0.1, 0.15) is 40.0 Å². The molecule has 1 aliphatic carbocycles. The molecule has 0 aromatic carbocycles. The number of amides is 1. The molecule has 1 amide bonds. The zero-order chi connectivity index (χ0) is 18.4. The van der Waals surface area contributed by atoms with Crippen molar-refractivity contribution in [3.05, 3.63) is 23.3 Å². The second-order valence-electron chi connectivity index (χ2n) is 8.25. The molecule has 5 nitrogen and oxygen atoms in total. The van der Waals surface area contributed by atoms with E-state index in [1.54, 1.807) is 32.2 Å². The van der Waals surface area contributed by atoms with Gasteiger partial charge in [0.15, 0.2) is 0 Å². The van der Waals surface area contributed by atoms with Crippen LogP contribution in [0.5, 0.6) is 0 Å². The Balaban J connectivity index is 1.85. The summed E-state index contributed by atoms with van der Waals surface area (Å²) in [7, 11) is 5.27. The molecule has 0 aromatic rings. The van der Waals surface area contributed by atoms with Crippen LogP contribution in [0.15, 0.2) is 23.3 Å². The summed E-state index contributed by atoms with van der Waals surface area (Å²) >= 11 is 0. The van der Waals surface area contributed by atoms with Crippen LogP contribution >= 0.6 is 0 Å². The molecule has 5 atom stereocenters. The summed E-state index contributed by atoms with van der Waals surface area (Å²) in [6.45, 7) is 7.16. The fourth-order valence-electron chi connectivity index (χ4n) is 4.28. The quantitative estimate of drug-likeness (QED) is 0.435. The number of hydrogen-bond donors (Lipinski definition) is 0. The van der Waals surface area contributed by atoms with Gasteiger partial charge in [0.2, 0.25) is 5.91 Å². The standard InChI is InChI=1S/C20H31NO4/c1-13(2)7-8-15-19(3,25-15)18-17(23-6)14(11-16(22)21(4)5)9-10-20(18)12-24-20/h7,11,15,17-18H,8-10,12H2,1-6H3/t15-,17-,18-,19+,20+/m1/s1. The molecule has 3 fully saturated rings. The van der Waals surface area contributed by atoms with Gasteiger partial charge in [-0.3, -0.25) is 4.79 Å². The van der Waals surface area contributed by atoms with Crippen LogP contribution in [-0.2, 0) is 19.0 Å². The SMILES string of the molecule is CO[C@@H]1C(=CC(=O)N(C)C)CC[C@]2(CO2)[C@H]1[C@@]1(C)O[C@@H]1CC=C(C)C. The van der Waals surface area contributed by atoms with E-state index in [1.807, 2.05) is 0 Å². The van der Waals surface area contributed by atoms with Gasteiger partial charge in [-0.05, 0) is 45.6 Å². The van der Waals surface area contributed by atoms with Gasteiger partial charge in [0.05, 0.1) is 24.7 Å². The maximum absolute atomic E-state index is 12.2. The predicted octanol–water partition coefficient (Wildman–Crippen LogP) is 2.71. The van der Waals surface area contributed by atoms with E-state index in [-0.39, 0.29) is 35.2 Å². The summed E-state index contributed by atoms with van der Waals surface area (Å²) < 4.78 is 18.0. The number of hydrogen-bond acceptors (Lipinski definition) is 4. The minimum atomic E-state index is -0.260.